The second-order valence-electron chi connectivity index (χ2n) is 3.06. The van der Waals surface area contributed by atoms with Crippen molar-refractivity contribution in [3.8, 4) is 0 Å². The Kier molecular flexibility index (Phi) is 4.28. The number of rotatable bonds is 4. The quantitative estimate of drug-likeness (QED) is 0.798. The molecule has 0 heterocycles. The number of carbonyl (C=O) groups excluding carboxylic acids is 1. The van der Waals surface area contributed by atoms with Gasteiger partial charge in [0.1, 0.15) is 0 Å². The third-order valence-electron chi connectivity index (χ3n) is 1.87. The minimum absolute atomic E-state index is 0.191. The summed E-state index contributed by atoms with van der Waals surface area (Å²) in [5.41, 5.74) is 0.149. The molecule has 0 aliphatic heterocycles. The van der Waals surface area contributed by atoms with Crippen LogP contribution in [0.15, 0.2) is 24.3 Å². The molecule has 0 unspecified atom stereocenters. The lowest BCUT2D eigenvalue weighted by molar-refractivity contribution is -0.131. The average Bonchev–Trinajstić information content (AvgIpc) is 2.26. The van der Waals surface area contributed by atoms with E-state index >= 15 is 0 Å². The van der Waals surface area contributed by atoms with Gasteiger partial charge in [0, 0.05) is 12.1 Å². The molecule has 1 rings (SSSR count). The van der Waals surface area contributed by atoms with Crippen molar-refractivity contribution in [1.82, 2.24) is 5.32 Å². The third kappa shape index (κ3) is 3.52. The molecule has 88 valence electrons. The van der Waals surface area contributed by atoms with E-state index in [0.29, 0.717) is 5.56 Å². The van der Waals surface area contributed by atoms with Crippen LogP contribution in [0.4, 0.5) is 17.6 Å². The first-order chi connectivity index (χ1) is 7.50. The van der Waals surface area contributed by atoms with Crippen LogP contribution in [0.25, 0.3) is 0 Å². The van der Waals surface area contributed by atoms with E-state index in [-0.39, 0.29) is 12.1 Å². The average molecular weight is 235 g/mol. The molecule has 0 aromatic heterocycles. The highest BCUT2D eigenvalue weighted by Gasteiger charge is 2.14. The zero-order valence-corrected chi connectivity index (χ0v) is 8.09. The lowest BCUT2D eigenvalue weighted by Gasteiger charge is -2.06. The number of halogens is 4. The van der Waals surface area contributed by atoms with Crippen LogP contribution in [0.5, 0.6) is 0 Å². The molecular formula is C10H9F4NO. The second kappa shape index (κ2) is 5.48. The van der Waals surface area contributed by atoms with Crippen LogP contribution in [0.2, 0.25) is 0 Å². The summed E-state index contributed by atoms with van der Waals surface area (Å²) in [6.45, 7) is -0.191. The number of amides is 1. The van der Waals surface area contributed by atoms with E-state index in [4.69, 9.17) is 0 Å². The number of alkyl halides is 4. The summed E-state index contributed by atoms with van der Waals surface area (Å²) in [6.07, 6.45) is -5.72. The van der Waals surface area contributed by atoms with Gasteiger partial charge >= 0.3 is 6.43 Å². The van der Waals surface area contributed by atoms with Crippen molar-refractivity contribution in [2.75, 3.05) is 0 Å². The number of benzene rings is 1. The summed E-state index contributed by atoms with van der Waals surface area (Å²) < 4.78 is 48.1. The van der Waals surface area contributed by atoms with Crippen molar-refractivity contribution >= 4 is 5.91 Å². The fourth-order valence-electron chi connectivity index (χ4n) is 1.11. The van der Waals surface area contributed by atoms with E-state index in [1.54, 1.807) is 0 Å². The molecule has 0 aliphatic rings. The zero-order chi connectivity index (χ0) is 12.1. The fourth-order valence-corrected chi connectivity index (χ4v) is 1.11. The maximum Gasteiger partial charge on any atom is 0.315 e. The molecule has 0 fully saturated rings. The highest BCUT2D eigenvalue weighted by molar-refractivity contribution is 5.79. The first-order valence-electron chi connectivity index (χ1n) is 4.43. The van der Waals surface area contributed by atoms with E-state index in [2.05, 4.69) is 0 Å². The Balaban J connectivity index is 2.61. The first kappa shape index (κ1) is 12.5. The minimum Gasteiger partial charge on any atom is -0.347 e. The van der Waals surface area contributed by atoms with Gasteiger partial charge in [-0.05, 0) is 11.6 Å². The number of hydrogen-bond donors (Lipinski definition) is 1. The molecule has 1 N–H and O–H groups in total. The summed E-state index contributed by atoms with van der Waals surface area (Å²) in [4.78, 5) is 10.5. The molecule has 16 heavy (non-hydrogen) atoms. The van der Waals surface area contributed by atoms with Crippen molar-refractivity contribution in [2.24, 2.45) is 0 Å². The number of carbonyl (C=O) groups is 1. The highest BCUT2D eigenvalue weighted by Crippen LogP contribution is 2.19. The van der Waals surface area contributed by atoms with Gasteiger partial charge < -0.3 is 5.32 Å². The van der Waals surface area contributed by atoms with Gasteiger partial charge in [-0.15, -0.1) is 0 Å². The summed E-state index contributed by atoms with van der Waals surface area (Å²) in [7, 11) is 0. The summed E-state index contributed by atoms with van der Waals surface area (Å²) >= 11 is 0. The van der Waals surface area contributed by atoms with E-state index in [0.717, 1.165) is 6.07 Å². The van der Waals surface area contributed by atoms with Crippen LogP contribution < -0.4 is 5.32 Å². The SMILES string of the molecule is O=C(NCc1cccc(C(F)F)c1)C(F)F. The molecule has 6 heteroatoms. The maximum atomic E-state index is 12.3. The Bertz CT molecular complexity index is 368. The van der Waals surface area contributed by atoms with Crippen LogP contribution in [0.3, 0.4) is 0 Å². The Morgan fingerprint density at radius 2 is 1.94 bits per heavy atom. The van der Waals surface area contributed by atoms with Crippen molar-refractivity contribution < 1.29 is 22.4 Å². The lowest BCUT2D eigenvalue weighted by Crippen LogP contribution is -2.28. The first-order valence-corrected chi connectivity index (χ1v) is 4.43. The summed E-state index contributed by atoms with van der Waals surface area (Å²) in [5.74, 6) is -1.41. The van der Waals surface area contributed by atoms with Crippen molar-refractivity contribution in [3.63, 3.8) is 0 Å². The molecular weight excluding hydrogens is 226 g/mol. The van der Waals surface area contributed by atoms with Gasteiger partial charge in [-0.1, -0.05) is 18.2 Å². The Labute approximate surface area is 89.3 Å². The zero-order valence-electron chi connectivity index (χ0n) is 8.09. The molecule has 1 aromatic rings. The molecule has 0 aliphatic carbocycles. The van der Waals surface area contributed by atoms with Crippen LogP contribution in [-0.2, 0) is 11.3 Å². The van der Waals surface area contributed by atoms with Crippen LogP contribution in [0, 0.1) is 0 Å². The Hall–Kier alpha value is -1.59. The third-order valence-corrected chi connectivity index (χ3v) is 1.87. The molecule has 2 nitrogen and oxygen atoms in total. The van der Waals surface area contributed by atoms with E-state index in [9.17, 15) is 22.4 Å². The smallest absolute Gasteiger partial charge is 0.315 e. The van der Waals surface area contributed by atoms with E-state index < -0.39 is 18.8 Å². The molecule has 0 radical (unpaired) electrons. The van der Waals surface area contributed by atoms with Gasteiger partial charge in [0.05, 0.1) is 0 Å². The van der Waals surface area contributed by atoms with Crippen molar-refractivity contribution in [1.29, 1.82) is 0 Å². The predicted molar refractivity (Wildman–Crippen MR) is 49.2 cm³/mol. The molecule has 1 aromatic carbocycles. The van der Waals surface area contributed by atoms with Gasteiger partial charge in [-0.3, -0.25) is 4.79 Å². The molecule has 0 spiro atoms. The minimum atomic E-state index is -3.10. The van der Waals surface area contributed by atoms with Gasteiger partial charge in [-0.25, -0.2) is 8.78 Å². The fraction of sp³-hybridized carbons (Fsp3) is 0.300. The number of hydrogen-bond acceptors (Lipinski definition) is 1. The Morgan fingerprint density at radius 3 is 2.50 bits per heavy atom. The van der Waals surface area contributed by atoms with Crippen molar-refractivity contribution in [2.45, 2.75) is 19.4 Å². The standard InChI is InChI=1S/C10H9F4NO/c11-8(12)7-3-1-2-6(4-7)5-15-10(16)9(13)14/h1-4,8-9H,5H2,(H,15,16). The monoisotopic (exact) mass is 235 g/mol. The Morgan fingerprint density at radius 1 is 1.25 bits per heavy atom. The molecule has 0 bridgehead atoms. The largest absolute Gasteiger partial charge is 0.347 e. The topological polar surface area (TPSA) is 29.1 Å². The maximum absolute atomic E-state index is 12.3. The molecule has 1 amide bonds. The normalized spacial score (nSPS) is 10.9. The molecule has 0 saturated carbocycles. The number of nitrogens with one attached hydrogen (secondary N) is 1. The summed E-state index contributed by atoms with van der Waals surface area (Å²) in [6, 6.07) is 5.24. The van der Waals surface area contributed by atoms with E-state index in [1.165, 1.54) is 18.2 Å². The highest BCUT2D eigenvalue weighted by atomic mass is 19.3. The van der Waals surface area contributed by atoms with Gasteiger partial charge in [-0.2, -0.15) is 8.78 Å². The van der Waals surface area contributed by atoms with Crippen molar-refractivity contribution in [3.05, 3.63) is 35.4 Å². The van der Waals surface area contributed by atoms with Gasteiger partial charge in [0.15, 0.2) is 0 Å². The van der Waals surface area contributed by atoms with Crippen LogP contribution in [0.1, 0.15) is 17.6 Å². The summed E-state index contributed by atoms with van der Waals surface area (Å²) in [5, 5.41) is 1.93. The van der Waals surface area contributed by atoms with E-state index in [1.807, 2.05) is 5.32 Å². The predicted octanol–water partition coefficient (Wildman–Crippen LogP) is 2.51. The van der Waals surface area contributed by atoms with Crippen LogP contribution >= 0.6 is 0 Å². The second-order valence-corrected chi connectivity index (χ2v) is 3.06. The molecule has 0 saturated heterocycles. The lowest BCUT2D eigenvalue weighted by atomic mass is 10.1. The van der Waals surface area contributed by atoms with Gasteiger partial charge in [0.2, 0.25) is 0 Å². The van der Waals surface area contributed by atoms with Gasteiger partial charge in [0.25, 0.3) is 12.3 Å². The van der Waals surface area contributed by atoms with Crippen LogP contribution in [-0.4, -0.2) is 12.3 Å². The molecule has 0 atom stereocenters.